The summed E-state index contributed by atoms with van der Waals surface area (Å²) >= 11 is 1.68. The highest BCUT2D eigenvalue weighted by molar-refractivity contribution is 7.97. The van der Waals surface area contributed by atoms with Crippen LogP contribution in [-0.4, -0.2) is 47.5 Å². The van der Waals surface area contributed by atoms with Crippen LogP contribution in [0.2, 0.25) is 0 Å². The molecule has 0 aromatic heterocycles. The van der Waals surface area contributed by atoms with Crippen LogP contribution in [-0.2, 0) is 17.9 Å². The predicted octanol–water partition coefficient (Wildman–Crippen LogP) is 7.04. The van der Waals surface area contributed by atoms with Crippen molar-refractivity contribution in [3.8, 4) is 5.75 Å². The van der Waals surface area contributed by atoms with Gasteiger partial charge < -0.3 is 14.7 Å². The van der Waals surface area contributed by atoms with Crippen LogP contribution in [0.3, 0.4) is 0 Å². The molecule has 0 radical (unpaired) electrons. The molecule has 1 atom stereocenters. The Morgan fingerprint density at radius 3 is 2.53 bits per heavy atom. The minimum absolute atomic E-state index is 0.0595. The molecule has 204 valence electrons. The van der Waals surface area contributed by atoms with E-state index in [0.29, 0.717) is 25.3 Å². The fourth-order valence-corrected chi connectivity index (χ4v) is 5.63. The van der Waals surface area contributed by atoms with Crippen LogP contribution in [0.4, 0.5) is 4.39 Å². The van der Waals surface area contributed by atoms with Crippen LogP contribution >= 0.6 is 11.9 Å². The molecule has 0 aliphatic carbocycles. The average molecular weight is 539 g/mol. The lowest BCUT2D eigenvalue weighted by atomic mass is 9.84. The lowest BCUT2D eigenvalue weighted by Crippen LogP contribution is -2.20. The topological polar surface area (TPSA) is 53.0 Å². The molecule has 1 heterocycles. The van der Waals surface area contributed by atoms with E-state index in [-0.39, 0.29) is 18.2 Å². The van der Waals surface area contributed by atoms with Crippen LogP contribution in [0.25, 0.3) is 0 Å². The molecule has 1 unspecified atom stereocenters. The van der Waals surface area contributed by atoms with Crippen molar-refractivity contribution < 1.29 is 19.0 Å². The third-order valence-electron chi connectivity index (χ3n) is 6.47. The van der Waals surface area contributed by atoms with Gasteiger partial charge >= 0.3 is 5.97 Å². The maximum atomic E-state index is 14.7. The number of carboxylic acid groups (broad SMARTS) is 1. The van der Waals surface area contributed by atoms with E-state index >= 15 is 0 Å². The molecule has 3 aromatic rings. The van der Waals surface area contributed by atoms with E-state index in [0.717, 1.165) is 45.0 Å². The summed E-state index contributed by atoms with van der Waals surface area (Å²) in [6.45, 7) is 10.5. The van der Waals surface area contributed by atoms with E-state index in [9.17, 15) is 14.3 Å². The Hall–Kier alpha value is -2.87. The fraction of sp³-hybridized carbons (Fsp3) is 0.387. The molecular weight excluding hydrogens is 499 g/mol. The summed E-state index contributed by atoms with van der Waals surface area (Å²) in [5.41, 5.74) is 5.42. The first-order valence-corrected chi connectivity index (χ1v) is 13.9. The zero-order valence-corrected chi connectivity index (χ0v) is 24.1. The second-order valence-electron chi connectivity index (χ2n) is 9.62. The third-order valence-corrected chi connectivity index (χ3v) is 7.58. The van der Waals surface area contributed by atoms with Crippen molar-refractivity contribution in [3.63, 3.8) is 0 Å². The summed E-state index contributed by atoms with van der Waals surface area (Å²) in [4.78, 5) is 14.9. The molecule has 1 aliphatic heterocycles. The smallest absolute Gasteiger partial charge is 0.304 e. The van der Waals surface area contributed by atoms with Crippen molar-refractivity contribution in [1.29, 1.82) is 0 Å². The van der Waals surface area contributed by atoms with Gasteiger partial charge in [0.15, 0.2) is 0 Å². The van der Waals surface area contributed by atoms with Gasteiger partial charge in [-0.2, -0.15) is 0 Å². The van der Waals surface area contributed by atoms with Crippen molar-refractivity contribution in [2.75, 3.05) is 27.2 Å². The van der Waals surface area contributed by atoms with Gasteiger partial charge in [0.1, 0.15) is 18.2 Å². The molecule has 0 amide bonds. The van der Waals surface area contributed by atoms with E-state index in [1.807, 2.05) is 70.1 Å². The molecule has 1 N–H and O–H groups in total. The SMILES string of the molecule is CC.Cc1ccc(C(CC(=O)O)c2cc(CN(C)C)c(F)cc2C)cc1CN1CCOc2ccccc2S1. The Labute approximate surface area is 230 Å². The number of benzene rings is 3. The maximum absolute atomic E-state index is 14.7. The minimum atomic E-state index is -0.878. The number of carbonyl (C=O) groups is 1. The fourth-order valence-electron chi connectivity index (χ4n) is 4.62. The van der Waals surface area contributed by atoms with E-state index in [2.05, 4.69) is 29.4 Å². The Morgan fingerprint density at radius 1 is 1.08 bits per heavy atom. The average Bonchev–Trinajstić information content (AvgIpc) is 3.08. The number of nitrogens with zero attached hydrogens (tertiary/aromatic N) is 2. The second-order valence-corrected chi connectivity index (χ2v) is 10.8. The molecular formula is C31H39FN2O3S. The monoisotopic (exact) mass is 538 g/mol. The number of hydrogen-bond acceptors (Lipinski definition) is 5. The van der Waals surface area contributed by atoms with Gasteiger partial charge in [-0.3, -0.25) is 4.79 Å². The number of rotatable bonds is 8. The van der Waals surface area contributed by atoms with Gasteiger partial charge in [0.05, 0.1) is 11.3 Å². The number of aryl methyl sites for hydroxylation is 2. The number of aliphatic carboxylic acids is 1. The van der Waals surface area contributed by atoms with Crippen molar-refractivity contribution in [1.82, 2.24) is 9.21 Å². The van der Waals surface area contributed by atoms with E-state index in [1.165, 1.54) is 6.07 Å². The number of halogens is 1. The number of para-hydroxylation sites is 1. The molecule has 1 aliphatic rings. The van der Waals surface area contributed by atoms with Crippen LogP contribution in [0.15, 0.2) is 59.5 Å². The molecule has 0 bridgehead atoms. The van der Waals surface area contributed by atoms with E-state index in [1.54, 1.807) is 11.9 Å². The Bertz CT molecular complexity index is 1250. The number of carboxylic acids is 1. The standard InChI is InChI=1S/C29H33FN2O3S.C2H6/c1-19-9-10-21(14-22(19)18-32-11-12-35-27-7-5-6-8-28(27)36-32)25(16-29(33)34)24-15-23(17-31(3)4)26(30)13-20(24)2;1-2/h5-10,13-15,25H,11-12,16-18H2,1-4H3,(H,33,34);1-2H3. The molecule has 7 heteroatoms. The summed E-state index contributed by atoms with van der Waals surface area (Å²) in [7, 11) is 3.79. The van der Waals surface area contributed by atoms with Crippen LogP contribution in [0.1, 0.15) is 59.6 Å². The largest absolute Gasteiger partial charge is 0.491 e. The first-order valence-electron chi connectivity index (χ1n) is 13.1. The molecule has 0 saturated heterocycles. The van der Waals surface area contributed by atoms with Crippen molar-refractivity contribution in [2.24, 2.45) is 0 Å². The quantitative estimate of drug-likeness (QED) is 0.311. The Balaban J connectivity index is 0.00000195. The maximum Gasteiger partial charge on any atom is 0.304 e. The first-order chi connectivity index (χ1) is 18.2. The van der Waals surface area contributed by atoms with Gasteiger partial charge in [-0.15, -0.1) is 0 Å². The van der Waals surface area contributed by atoms with Gasteiger partial charge in [-0.05, 0) is 85.9 Å². The summed E-state index contributed by atoms with van der Waals surface area (Å²) in [5, 5.41) is 9.77. The summed E-state index contributed by atoms with van der Waals surface area (Å²) < 4.78 is 22.9. The number of hydrogen-bond donors (Lipinski definition) is 1. The minimum Gasteiger partial charge on any atom is -0.491 e. The highest BCUT2D eigenvalue weighted by Gasteiger charge is 2.23. The van der Waals surface area contributed by atoms with Gasteiger partial charge in [-0.1, -0.05) is 50.2 Å². The van der Waals surface area contributed by atoms with Crippen LogP contribution in [0.5, 0.6) is 5.75 Å². The number of fused-ring (bicyclic) bond motifs is 1. The van der Waals surface area contributed by atoms with E-state index in [4.69, 9.17) is 4.74 Å². The molecule has 3 aromatic carbocycles. The summed E-state index contributed by atoms with van der Waals surface area (Å²) in [6.07, 6.45) is -0.0595. The third kappa shape index (κ3) is 7.59. The highest BCUT2D eigenvalue weighted by atomic mass is 32.2. The molecule has 0 spiro atoms. The van der Waals surface area contributed by atoms with Crippen molar-refractivity contribution in [3.05, 3.63) is 93.8 Å². The van der Waals surface area contributed by atoms with E-state index < -0.39 is 5.97 Å². The van der Waals surface area contributed by atoms with Gasteiger partial charge in [0.25, 0.3) is 0 Å². The molecule has 0 saturated carbocycles. The number of ether oxygens (including phenoxy) is 1. The lowest BCUT2D eigenvalue weighted by molar-refractivity contribution is -0.137. The zero-order chi connectivity index (χ0) is 27.8. The van der Waals surface area contributed by atoms with Gasteiger partial charge in [-0.25, -0.2) is 8.70 Å². The predicted molar refractivity (Wildman–Crippen MR) is 153 cm³/mol. The summed E-state index contributed by atoms with van der Waals surface area (Å²) in [5.74, 6) is -0.609. The van der Waals surface area contributed by atoms with Gasteiger partial charge in [0.2, 0.25) is 0 Å². The zero-order valence-electron chi connectivity index (χ0n) is 23.3. The lowest BCUT2D eigenvalue weighted by Gasteiger charge is -2.24. The van der Waals surface area contributed by atoms with Crippen LogP contribution in [0, 0.1) is 19.7 Å². The molecule has 4 rings (SSSR count). The van der Waals surface area contributed by atoms with Crippen molar-refractivity contribution >= 4 is 17.9 Å². The highest BCUT2D eigenvalue weighted by Crippen LogP contribution is 2.37. The molecule has 38 heavy (non-hydrogen) atoms. The molecule has 5 nitrogen and oxygen atoms in total. The van der Waals surface area contributed by atoms with Gasteiger partial charge in [0, 0.05) is 31.1 Å². The molecule has 0 fully saturated rings. The Kier molecular flexibility index (Phi) is 10.8. The second kappa shape index (κ2) is 13.8. The van der Waals surface area contributed by atoms with Crippen LogP contribution < -0.4 is 4.74 Å². The normalized spacial score (nSPS) is 14.1. The Morgan fingerprint density at radius 2 is 1.82 bits per heavy atom. The van der Waals surface area contributed by atoms with Crippen molar-refractivity contribution in [2.45, 2.75) is 58.0 Å². The first kappa shape index (κ1) is 29.7. The summed E-state index contributed by atoms with van der Waals surface area (Å²) in [6, 6.07) is 17.6.